The number of benzene rings is 1. The summed E-state index contributed by atoms with van der Waals surface area (Å²) in [5, 5.41) is 8.69. The molecule has 0 fully saturated rings. The summed E-state index contributed by atoms with van der Waals surface area (Å²) in [5.74, 6) is -0.880. The van der Waals surface area contributed by atoms with E-state index in [2.05, 4.69) is 9.97 Å². The quantitative estimate of drug-likeness (QED) is 0.865. The van der Waals surface area contributed by atoms with Gasteiger partial charge in [0.25, 0.3) is 0 Å². The predicted molar refractivity (Wildman–Crippen MR) is 62.6 cm³/mol. The second kappa shape index (κ2) is 5.21. The van der Waals surface area contributed by atoms with Crippen molar-refractivity contribution in [3.05, 3.63) is 59.7 Å². The molecule has 0 aliphatic carbocycles. The summed E-state index contributed by atoms with van der Waals surface area (Å²) in [6.07, 6.45) is 2.04. The van der Waals surface area contributed by atoms with E-state index in [1.807, 2.05) is 30.3 Å². The van der Waals surface area contributed by atoms with Crippen LogP contribution in [0.2, 0.25) is 0 Å². The Kier molecular flexibility index (Phi) is 3.45. The summed E-state index contributed by atoms with van der Waals surface area (Å²) in [7, 11) is 0. The molecule has 0 aliphatic heterocycles. The summed E-state index contributed by atoms with van der Waals surface area (Å²) in [6.45, 7) is 0. The van der Waals surface area contributed by atoms with Gasteiger partial charge in [-0.15, -0.1) is 0 Å². The Morgan fingerprint density at radius 1 is 1.12 bits per heavy atom. The van der Waals surface area contributed by atoms with Crippen LogP contribution in [0.3, 0.4) is 0 Å². The molecule has 0 amide bonds. The lowest BCUT2D eigenvalue weighted by Gasteiger charge is -2.02. The smallest absolute Gasteiger partial charge is 0.309 e. The Morgan fingerprint density at radius 3 is 2.53 bits per heavy atom. The van der Waals surface area contributed by atoms with Crippen LogP contribution in [-0.2, 0) is 17.6 Å². The molecule has 1 heterocycles. The second-order valence-corrected chi connectivity index (χ2v) is 3.73. The number of aromatic nitrogens is 2. The first-order valence-corrected chi connectivity index (χ1v) is 5.29. The maximum atomic E-state index is 10.6. The number of carboxylic acid groups (broad SMARTS) is 1. The standard InChI is InChI=1S/C13H12N2O2/c16-13(17)8-12-7-11(14-9-15-12)6-10-4-2-1-3-5-10/h1-5,7,9H,6,8H2,(H,16,17). The normalized spacial score (nSPS) is 10.1. The number of nitrogens with zero attached hydrogens (tertiary/aromatic N) is 2. The van der Waals surface area contributed by atoms with Gasteiger partial charge in [0, 0.05) is 12.1 Å². The van der Waals surface area contributed by atoms with E-state index in [9.17, 15) is 4.79 Å². The fourth-order valence-electron chi connectivity index (χ4n) is 1.60. The third kappa shape index (κ3) is 3.38. The van der Waals surface area contributed by atoms with Crippen LogP contribution in [0.5, 0.6) is 0 Å². The molecule has 17 heavy (non-hydrogen) atoms. The van der Waals surface area contributed by atoms with Crippen LogP contribution in [0, 0.1) is 0 Å². The van der Waals surface area contributed by atoms with Crippen molar-refractivity contribution in [2.45, 2.75) is 12.8 Å². The molecule has 0 aliphatic rings. The van der Waals surface area contributed by atoms with Gasteiger partial charge in [0.1, 0.15) is 6.33 Å². The highest BCUT2D eigenvalue weighted by molar-refractivity contribution is 5.69. The van der Waals surface area contributed by atoms with Gasteiger partial charge >= 0.3 is 5.97 Å². The first-order valence-electron chi connectivity index (χ1n) is 5.29. The van der Waals surface area contributed by atoms with Crippen molar-refractivity contribution < 1.29 is 9.90 Å². The summed E-state index contributed by atoms with van der Waals surface area (Å²) >= 11 is 0. The van der Waals surface area contributed by atoms with E-state index in [0.717, 1.165) is 11.3 Å². The summed E-state index contributed by atoms with van der Waals surface area (Å²) < 4.78 is 0. The van der Waals surface area contributed by atoms with Crippen LogP contribution >= 0.6 is 0 Å². The molecule has 0 unspecified atom stereocenters. The Morgan fingerprint density at radius 2 is 1.82 bits per heavy atom. The van der Waals surface area contributed by atoms with Crippen molar-refractivity contribution in [1.82, 2.24) is 9.97 Å². The fraction of sp³-hybridized carbons (Fsp3) is 0.154. The molecule has 4 heteroatoms. The van der Waals surface area contributed by atoms with E-state index < -0.39 is 5.97 Å². The van der Waals surface area contributed by atoms with Gasteiger partial charge in [-0.1, -0.05) is 30.3 Å². The molecule has 0 saturated heterocycles. The first kappa shape index (κ1) is 11.3. The molecule has 0 bridgehead atoms. The van der Waals surface area contributed by atoms with Gasteiger partial charge in [-0.2, -0.15) is 0 Å². The molecule has 1 aromatic heterocycles. The van der Waals surface area contributed by atoms with Crippen molar-refractivity contribution in [2.75, 3.05) is 0 Å². The van der Waals surface area contributed by atoms with Crippen molar-refractivity contribution in [3.8, 4) is 0 Å². The van der Waals surface area contributed by atoms with Crippen LogP contribution in [-0.4, -0.2) is 21.0 Å². The molecule has 0 radical (unpaired) electrons. The molecule has 2 aromatic rings. The van der Waals surface area contributed by atoms with Gasteiger partial charge in [-0.25, -0.2) is 9.97 Å². The third-order valence-corrected chi connectivity index (χ3v) is 2.34. The molecule has 86 valence electrons. The topological polar surface area (TPSA) is 63.1 Å². The molecule has 0 spiro atoms. The second-order valence-electron chi connectivity index (χ2n) is 3.73. The Hall–Kier alpha value is -2.23. The summed E-state index contributed by atoms with van der Waals surface area (Å²) in [5.41, 5.74) is 2.52. The van der Waals surface area contributed by atoms with Crippen LogP contribution in [0.15, 0.2) is 42.7 Å². The highest BCUT2D eigenvalue weighted by Gasteiger charge is 2.04. The lowest BCUT2D eigenvalue weighted by atomic mass is 10.1. The molecule has 0 saturated carbocycles. The van der Waals surface area contributed by atoms with Crippen LogP contribution < -0.4 is 0 Å². The minimum Gasteiger partial charge on any atom is -0.481 e. The van der Waals surface area contributed by atoms with Gasteiger partial charge in [-0.05, 0) is 11.6 Å². The van der Waals surface area contributed by atoms with Crippen LogP contribution in [0.25, 0.3) is 0 Å². The Balaban J connectivity index is 2.14. The third-order valence-electron chi connectivity index (χ3n) is 2.34. The van der Waals surface area contributed by atoms with E-state index in [-0.39, 0.29) is 6.42 Å². The number of carboxylic acids is 1. The van der Waals surface area contributed by atoms with Gasteiger partial charge in [0.05, 0.1) is 12.1 Å². The maximum absolute atomic E-state index is 10.6. The Bertz CT molecular complexity index is 512. The minimum absolute atomic E-state index is 0.0652. The van der Waals surface area contributed by atoms with Gasteiger partial charge in [0.2, 0.25) is 0 Å². The highest BCUT2D eigenvalue weighted by Crippen LogP contribution is 2.07. The number of carbonyl (C=O) groups is 1. The largest absolute Gasteiger partial charge is 0.481 e. The number of rotatable bonds is 4. The molecular weight excluding hydrogens is 216 g/mol. The Labute approximate surface area is 99.0 Å². The highest BCUT2D eigenvalue weighted by atomic mass is 16.4. The van der Waals surface area contributed by atoms with Gasteiger partial charge in [0.15, 0.2) is 0 Å². The SMILES string of the molecule is O=C(O)Cc1cc(Cc2ccccc2)ncn1. The molecular formula is C13H12N2O2. The average Bonchev–Trinajstić information content (AvgIpc) is 2.30. The summed E-state index contributed by atoms with van der Waals surface area (Å²) in [4.78, 5) is 18.6. The first-order chi connectivity index (χ1) is 8.24. The number of hydrogen-bond acceptors (Lipinski definition) is 3. The van der Waals surface area contributed by atoms with Crippen molar-refractivity contribution >= 4 is 5.97 Å². The van der Waals surface area contributed by atoms with E-state index >= 15 is 0 Å². The maximum Gasteiger partial charge on any atom is 0.309 e. The van der Waals surface area contributed by atoms with E-state index in [1.54, 1.807) is 6.07 Å². The van der Waals surface area contributed by atoms with E-state index in [0.29, 0.717) is 12.1 Å². The van der Waals surface area contributed by atoms with Crippen molar-refractivity contribution in [2.24, 2.45) is 0 Å². The zero-order valence-electron chi connectivity index (χ0n) is 9.21. The predicted octanol–water partition coefficient (Wildman–Crippen LogP) is 1.69. The number of aliphatic carboxylic acids is 1. The van der Waals surface area contributed by atoms with E-state index in [1.165, 1.54) is 6.33 Å². The average molecular weight is 228 g/mol. The lowest BCUT2D eigenvalue weighted by molar-refractivity contribution is -0.136. The zero-order chi connectivity index (χ0) is 12.1. The molecule has 1 N–H and O–H groups in total. The zero-order valence-corrected chi connectivity index (χ0v) is 9.21. The molecule has 1 aromatic carbocycles. The summed E-state index contributed by atoms with van der Waals surface area (Å²) in [6, 6.07) is 11.7. The minimum atomic E-state index is -0.880. The van der Waals surface area contributed by atoms with E-state index in [4.69, 9.17) is 5.11 Å². The fourth-order valence-corrected chi connectivity index (χ4v) is 1.60. The van der Waals surface area contributed by atoms with Gasteiger partial charge in [-0.3, -0.25) is 4.79 Å². The van der Waals surface area contributed by atoms with Crippen molar-refractivity contribution in [3.63, 3.8) is 0 Å². The lowest BCUT2D eigenvalue weighted by Crippen LogP contribution is -2.04. The molecule has 2 rings (SSSR count). The van der Waals surface area contributed by atoms with Crippen molar-refractivity contribution in [1.29, 1.82) is 0 Å². The molecule has 0 atom stereocenters. The number of hydrogen-bond donors (Lipinski definition) is 1. The van der Waals surface area contributed by atoms with Crippen LogP contribution in [0.1, 0.15) is 17.0 Å². The molecule has 4 nitrogen and oxygen atoms in total. The monoisotopic (exact) mass is 228 g/mol. The van der Waals surface area contributed by atoms with Gasteiger partial charge < -0.3 is 5.11 Å². The van der Waals surface area contributed by atoms with Crippen LogP contribution in [0.4, 0.5) is 0 Å².